The van der Waals surface area contributed by atoms with Crippen molar-refractivity contribution in [2.75, 3.05) is 0 Å². The van der Waals surface area contributed by atoms with Crippen molar-refractivity contribution in [3.05, 3.63) is 0 Å². The monoisotopic (exact) mass is 328 g/mol. The quantitative estimate of drug-likeness (QED) is 0.817. The van der Waals surface area contributed by atoms with E-state index in [0.29, 0.717) is 35.5 Å². The molecule has 10 rings (SSSR count). The van der Waals surface area contributed by atoms with E-state index in [0.717, 1.165) is 50.4 Å². The summed E-state index contributed by atoms with van der Waals surface area (Å²) in [5.74, 6) is 4.10. The molecule has 10 fully saturated rings. The normalized spacial score (nSPS) is 68.8. The molecule has 4 nitrogen and oxygen atoms in total. The van der Waals surface area contributed by atoms with Crippen LogP contribution < -0.4 is 0 Å². The number of carbonyl (C=O) groups is 2. The minimum absolute atomic E-state index is 0.0713. The summed E-state index contributed by atoms with van der Waals surface area (Å²) in [6.45, 7) is 0. The SMILES string of the molecule is O=C(O)C12CC3C4CC5C6CC7(C(=O)O)CC5C(C4C1)C(C2)(C7)C36. The van der Waals surface area contributed by atoms with Crippen molar-refractivity contribution in [3.8, 4) is 0 Å². The first-order valence-corrected chi connectivity index (χ1v) is 9.88. The zero-order valence-electron chi connectivity index (χ0n) is 13.8. The molecule has 4 unspecified atom stereocenters. The number of carboxylic acid groups (broad SMARTS) is 2. The van der Waals surface area contributed by atoms with Gasteiger partial charge in [-0.05, 0) is 97.7 Å². The highest BCUT2D eigenvalue weighted by atomic mass is 16.4. The van der Waals surface area contributed by atoms with Gasteiger partial charge in [0.1, 0.15) is 0 Å². The Balaban J connectivity index is 1.49. The molecular weight excluding hydrogens is 304 g/mol. The molecule has 24 heavy (non-hydrogen) atoms. The van der Waals surface area contributed by atoms with Crippen LogP contribution in [0.3, 0.4) is 0 Å². The fourth-order valence-electron chi connectivity index (χ4n) is 10.9. The molecule has 4 atom stereocenters. The van der Waals surface area contributed by atoms with E-state index in [-0.39, 0.29) is 5.41 Å². The van der Waals surface area contributed by atoms with Gasteiger partial charge in [0.05, 0.1) is 10.8 Å². The Morgan fingerprint density at radius 2 is 1.04 bits per heavy atom. The third-order valence-corrected chi connectivity index (χ3v) is 10.7. The second kappa shape index (κ2) is 3.31. The maximum absolute atomic E-state index is 12.2. The summed E-state index contributed by atoms with van der Waals surface area (Å²) in [4.78, 5) is 24.5. The molecule has 0 aliphatic heterocycles. The smallest absolute Gasteiger partial charge is 0.309 e. The van der Waals surface area contributed by atoms with Crippen LogP contribution in [0, 0.1) is 63.6 Å². The first-order valence-electron chi connectivity index (χ1n) is 9.88. The van der Waals surface area contributed by atoms with Crippen LogP contribution in [0.2, 0.25) is 0 Å². The first kappa shape index (κ1) is 13.2. The van der Waals surface area contributed by atoms with E-state index >= 15 is 0 Å². The van der Waals surface area contributed by atoms with Gasteiger partial charge in [-0.3, -0.25) is 9.59 Å². The van der Waals surface area contributed by atoms with E-state index in [1.165, 1.54) is 6.42 Å². The summed E-state index contributed by atoms with van der Waals surface area (Å²) in [6.07, 6.45) is 6.50. The molecule has 1 spiro atoms. The molecule has 0 aromatic heterocycles. The molecule has 0 aromatic carbocycles. The maximum Gasteiger partial charge on any atom is 0.309 e. The van der Waals surface area contributed by atoms with Gasteiger partial charge in [-0.15, -0.1) is 0 Å². The molecule has 10 aliphatic carbocycles. The zero-order chi connectivity index (χ0) is 16.2. The van der Waals surface area contributed by atoms with Crippen molar-refractivity contribution in [1.29, 1.82) is 0 Å². The summed E-state index contributed by atoms with van der Waals surface area (Å²) in [7, 11) is 0. The Labute approximate surface area is 141 Å². The van der Waals surface area contributed by atoms with Crippen LogP contribution in [0.4, 0.5) is 0 Å². The Morgan fingerprint density at radius 1 is 0.667 bits per heavy atom. The lowest BCUT2D eigenvalue weighted by atomic mass is 9.19. The number of aliphatic carboxylic acids is 2. The Hall–Kier alpha value is -1.06. The molecular formula is C20H24O4. The summed E-state index contributed by atoms with van der Waals surface area (Å²) in [6, 6.07) is 0. The lowest BCUT2D eigenvalue weighted by Gasteiger charge is -2.85. The molecule has 4 heteroatoms. The average molecular weight is 328 g/mol. The molecule has 0 amide bonds. The van der Waals surface area contributed by atoms with E-state index in [1.807, 2.05) is 0 Å². The topological polar surface area (TPSA) is 74.6 Å². The van der Waals surface area contributed by atoms with Gasteiger partial charge in [-0.1, -0.05) is 0 Å². The predicted molar refractivity (Wildman–Crippen MR) is 82.8 cm³/mol. The van der Waals surface area contributed by atoms with Crippen LogP contribution in [0.1, 0.15) is 44.9 Å². The van der Waals surface area contributed by atoms with Gasteiger partial charge < -0.3 is 10.2 Å². The minimum Gasteiger partial charge on any atom is -0.481 e. The highest BCUT2D eigenvalue weighted by molar-refractivity contribution is 5.78. The van der Waals surface area contributed by atoms with E-state index in [4.69, 9.17) is 0 Å². The molecule has 10 aliphatic rings. The van der Waals surface area contributed by atoms with Crippen LogP contribution in [-0.2, 0) is 9.59 Å². The lowest BCUT2D eigenvalue weighted by Crippen LogP contribution is -2.81. The van der Waals surface area contributed by atoms with E-state index in [2.05, 4.69) is 0 Å². The van der Waals surface area contributed by atoms with E-state index in [1.54, 1.807) is 0 Å². The average Bonchev–Trinajstić information content (AvgIpc) is 2.52. The van der Waals surface area contributed by atoms with E-state index < -0.39 is 22.8 Å². The van der Waals surface area contributed by atoms with Crippen molar-refractivity contribution in [2.45, 2.75) is 44.9 Å². The van der Waals surface area contributed by atoms with Crippen LogP contribution in [-0.4, -0.2) is 22.2 Å². The third kappa shape index (κ3) is 1.01. The summed E-state index contributed by atoms with van der Waals surface area (Å²) in [5.41, 5.74) is -0.962. The number of carboxylic acids is 2. The van der Waals surface area contributed by atoms with Crippen molar-refractivity contribution in [3.63, 3.8) is 0 Å². The van der Waals surface area contributed by atoms with Gasteiger partial charge in [0.2, 0.25) is 0 Å². The highest BCUT2D eigenvalue weighted by Crippen LogP contribution is 2.88. The van der Waals surface area contributed by atoms with E-state index in [9.17, 15) is 19.8 Å². The van der Waals surface area contributed by atoms with Crippen molar-refractivity contribution >= 4 is 11.9 Å². The Bertz CT molecular complexity index is 637. The number of rotatable bonds is 2. The predicted octanol–water partition coefficient (Wildman–Crippen LogP) is 2.87. The summed E-state index contributed by atoms with van der Waals surface area (Å²) >= 11 is 0. The first-order chi connectivity index (χ1) is 11.4. The van der Waals surface area contributed by atoms with Gasteiger partial charge in [-0.25, -0.2) is 0 Å². The molecule has 0 aromatic rings. The number of hydrogen-bond acceptors (Lipinski definition) is 2. The van der Waals surface area contributed by atoms with Gasteiger partial charge in [0, 0.05) is 0 Å². The minimum atomic E-state index is -0.579. The van der Waals surface area contributed by atoms with Gasteiger partial charge in [0.15, 0.2) is 0 Å². The summed E-state index contributed by atoms with van der Waals surface area (Å²) < 4.78 is 0. The van der Waals surface area contributed by atoms with Crippen LogP contribution in [0.15, 0.2) is 0 Å². The van der Waals surface area contributed by atoms with Crippen molar-refractivity contribution in [2.24, 2.45) is 63.6 Å². The number of hydrogen-bond donors (Lipinski definition) is 2. The fraction of sp³-hybridized carbons (Fsp3) is 0.900. The van der Waals surface area contributed by atoms with Crippen molar-refractivity contribution < 1.29 is 19.8 Å². The van der Waals surface area contributed by atoms with Crippen LogP contribution in [0.5, 0.6) is 0 Å². The molecule has 10 saturated carbocycles. The largest absolute Gasteiger partial charge is 0.481 e. The maximum atomic E-state index is 12.2. The molecule has 2 N–H and O–H groups in total. The van der Waals surface area contributed by atoms with Gasteiger partial charge >= 0.3 is 11.9 Å². The molecule has 11 bridgehead atoms. The summed E-state index contributed by atoms with van der Waals surface area (Å²) in [5, 5.41) is 20.1. The Kier molecular flexibility index (Phi) is 1.82. The molecule has 0 saturated heterocycles. The van der Waals surface area contributed by atoms with Crippen LogP contribution >= 0.6 is 0 Å². The van der Waals surface area contributed by atoms with Crippen LogP contribution in [0.25, 0.3) is 0 Å². The highest BCUT2D eigenvalue weighted by Gasteiger charge is 2.83. The fourth-order valence-corrected chi connectivity index (χ4v) is 10.9. The molecule has 0 heterocycles. The Morgan fingerprint density at radius 3 is 1.38 bits per heavy atom. The van der Waals surface area contributed by atoms with Crippen molar-refractivity contribution in [1.82, 2.24) is 0 Å². The lowest BCUT2D eigenvalue weighted by molar-refractivity contribution is -0.370. The second-order valence-corrected chi connectivity index (χ2v) is 10.8. The standard InChI is InChI=1S/C20H24O4/c21-16(22)18-2-10-8-1-9-12-4-19(17(23)24)5-13(9)15(11(8)3-18)20(6-18,7-19)14(10)12/h8-15H,1-7H2,(H,21,22)(H,23,24). The second-order valence-electron chi connectivity index (χ2n) is 10.8. The third-order valence-electron chi connectivity index (χ3n) is 10.7. The van der Waals surface area contributed by atoms with Gasteiger partial charge in [-0.2, -0.15) is 0 Å². The zero-order valence-corrected chi connectivity index (χ0v) is 13.8. The molecule has 128 valence electrons. The molecule has 0 radical (unpaired) electrons. The van der Waals surface area contributed by atoms with Gasteiger partial charge in [0.25, 0.3) is 0 Å².